The van der Waals surface area contributed by atoms with E-state index in [1.165, 1.54) is 33.7 Å². The second-order valence-corrected chi connectivity index (χ2v) is 7.69. The predicted octanol–water partition coefficient (Wildman–Crippen LogP) is 2.78. The van der Waals surface area contributed by atoms with Crippen LogP contribution in [-0.2, 0) is 6.42 Å². The number of hydrogen-bond donors (Lipinski definition) is 1. The number of imidazole rings is 1. The molecule has 10 nitrogen and oxygen atoms in total. The largest absolute Gasteiger partial charge is 0.368 e. The second kappa shape index (κ2) is 7.40. The van der Waals surface area contributed by atoms with Gasteiger partial charge in [-0.2, -0.15) is 14.6 Å². The van der Waals surface area contributed by atoms with Crippen LogP contribution in [-0.4, -0.2) is 43.7 Å². The lowest BCUT2D eigenvalue weighted by atomic mass is 10.1. The van der Waals surface area contributed by atoms with Gasteiger partial charge in [0.05, 0.1) is 30.1 Å². The minimum atomic E-state index is -0.528. The first kappa shape index (κ1) is 19.9. The summed E-state index contributed by atoms with van der Waals surface area (Å²) in [7, 11) is 0. The molecule has 168 valence electrons. The number of fused-ring (bicyclic) bond motifs is 2. The van der Waals surface area contributed by atoms with Crippen molar-refractivity contribution in [2.24, 2.45) is 0 Å². The molecule has 0 spiro atoms. The van der Waals surface area contributed by atoms with Crippen LogP contribution in [0.25, 0.3) is 28.2 Å². The quantitative estimate of drug-likeness (QED) is 0.432. The molecule has 0 bridgehead atoms. The van der Waals surface area contributed by atoms with Gasteiger partial charge in [-0.15, -0.1) is 5.10 Å². The molecule has 0 radical (unpaired) electrons. The van der Waals surface area contributed by atoms with Gasteiger partial charge in [0.25, 0.3) is 0 Å². The van der Waals surface area contributed by atoms with Crippen molar-refractivity contribution in [3.63, 3.8) is 0 Å². The lowest BCUT2D eigenvalue weighted by Crippen LogP contribution is -2.10. The third kappa shape index (κ3) is 3.15. The average molecular weight is 458 g/mol. The highest BCUT2D eigenvalue weighted by atomic mass is 19.1. The Balaban J connectivity index is 1.61. The highest BCUT2D eigenvalue weighted by molar-refractivity contribution is 5.84. The summed E-state index contributed by atoms with van der Waals surface area (Å²) in [4.78, 5) is 17.5. The van der Waals surface area contributed by atoms with Crippen LogP contribution in [0.5, 0.6) is 0 Å². The number of halogens is 2. The number of rotatable bonds is 4. The van der Waals surface area contributed by atoms with Crippen molar-refractivity contribution in [3.8, 4) is 16.9 Å². The van der Waals surface area contributed by atoms with E-state index >= 15 is 0 Å². The van der Waals surface area contributed by atoms with Crippen LogP contribution < -0.4 is 5.73 Å². The van der Waals surface area contributed by atoms with Crippen LogP contribution in [0.4, 0.5) is 14.7 Å². The maximum atomic E-state index is 14.2. The van der Waals surface area contributed by atoms with Crippen molar-refractivity contribution in [3.05, 3.63) is 84.1 Å². The number of anilines is 1. The fraction of sp³-hybridized carbons (Fsp3) is 0.0909. The molecule has 6 heterocycles. The lowest BCUT2D eigenvalue weighted by Gasteiger charge is -2.12. The highest BCUT2D eigenvalue weighted by Gasteiger charge is 2.22. The fourth-order valence-electron chi connectivity index (χ4n) is 3.85. The Morgan fingerprint density at radius 3 is 2.71 bits per heavy atom. The first-order valence-electron chi connectivity index (χ1n) is 10.3. The Morgan fingerprint density at radius 1 is 1.03 bits per heavy atom. The number of pyridine rings is 2. The van der Waals surface area contributed by atoms with E-state index in [0.29, 0.717) is 22.6 Å². The predicted molar refractivity (Wildman–Crippen MR) is 118 cm³/mol. The zero-order valence-electron chi connectivity index (χ0n) is 17.8. The molecule has 12 heteroatoms. The number of nitrogens with two attached hydrogens (primary N) is 1. The van der Waals surface area contributed by atoms with Gasteiger partial charge in [-0.25, -0.2) is 23.4 Å². The second-order valence-electron chi connectivity index (χ2n) is 7.69. The van der Waals surface area contributed by atoms with Crippen molar-refractivity contribution in [2.45, 2.75) is 13.3 Å². The first-order chi connectivity index (χ1) is 16.5. The van der Waals surface area contributed by atoms with Gasteiger partial charge in [0.2, 0.25) is 5.95 Å². The number of aryl methyl sites for hydroxylation is 1. The van der Waals surface area contributed by atoms with Gasteiger partial charge in [-0.1, -0.05) is 0 Å². The molecular formula is C22H16F2N10. The molecule has 0 saturated heterocycles. The summed E-state index contributed by atoms with van der Waals surface area (Å²) >= 11 is 0. The van der Waals surface area contributed by atoms with Gasteiger partial charge in [0, 0.05) is 29.8 Å². The van der Waals surface area contributed by atoms with Crippen molar-refractivity contribution < 1.29 is 8.78 Å². The van der Waals surface area contributed by atoms with Gasteiger partial charge in [-0.05, 0) is 31.2 Å². The van der Waals surface area contributed by atoms with E-state index in [9.17, 15) is 8.78 Å². The van der Waals surface area contributed by atoms with Crippen LogP contribution in [0.15, 0.2) is 55.2 Å². The smallest absolute Gasteiger partial charge is 0.225 e. The number of nitrogens with zero attached hydrogens (tertiary/aromatic N) is 9. The summed E-state index contributed by atoms with van der Waals surface area (Å²) in [6.45, 7) is 1.93. The van der Waals surface area contributed by atoms with Crippen LogP contribution in [0.3, 0.4) is 0 Å². The summed E-state index contributed by atoms with van der Waals surface area (Å²) in [5.74, 6) is -0.392. The van der Waals surface area contributed by atoms with E-state index in [1.54, 1.807) is 6.20 Å². The molecule has 2 N–H and O–H groups in total. The first-order valence-corrected chi connectivity index (χ1v) is 10.3. The minimum absolute atomic E-state index is 0.0183. The highest BCUT2D eigenvalue weighted by Crippen LogP contribution is 2.31. The zero-order valence-corrected chi connectivity index (χ0v) is 17.8. The Labute approximate surface area is 190 Å². The third-order valence-corrected chi connectivity index (χ3v) is 5.44. The molecule has 0 aromatic carbocycles. The van der Waals surface area contributed by atoms with Gasteiger partial charge in [0.15, 0.2) is 23.1 Å². The van der Waals surface area contributed by atoms with Crippen molar-refractivity contribution in [1.82, 2.24) is 43.7 Å². The molecule has 0 saturated carbocycles. The third-order valence-electron chi connectivity index (χ3n) is 5.44. The topological polar surface area (TPSA) is 117 Å². The number of hydrogen-bond acceptors (Lipinski definition) is 7. The molecule has 0 amide bonds. The molecule has 0 fully saturated rings. The summed E-state index contributed by atoms with van der Waals surface area (Å²) in [6.07, 6.45) is 7.47. The SMILES string of the molecule is Cc1cnc2ccc(-c3c(-n4cc(F)cn4)nc(N)n4nc(Cc5ncccc5F)nc34)cn12. The fourth-order valence-corrected chi connectivity index (χ4v) is 3.85. The van der Waals surface area contributed by atoms with E-state index in [0.717, 1.165) is 17.5 Å². The van der Waals surface area contributed by atoms with Crippen molar-refractivity contribution >= 4 is 17.2 Å². The Morgan fingerprint density at radius 2 is 1.91 bits per heavy atom. The molecule has 34 heavy (non-hydrogen) atoms. The van der Waals surface area contributed by atoms with Crippen LogP contribution in [0.1, 0.15) is 17.2 Å². The molecule has 6 aromatic heterocycles. The summed E-state index contributed by atoms with van der Waals surface area (Å²) in [6, 6.07) is 6.54. The number of nitrogen functional groups attached to an aromatic ring is 1. The Kier molecular flexibility index (Phi) is 4.33. The monoisotopic (exact) mass is 458 g/mol. The summed E-state index contributed by atoms with van der Waals surface area (Å²) in [5.41, 5.74) is 9.68. The normalized spacial score (nSPS) is 11.6. The maximum absolute atomic E-state index is 14.2. The van der Waals surface area contributed by atoms with E-state index < -0.39 is 11.6 Å². The standard InChI is InChI=1S/C22H16F2N10/c1-12-8-27-18-5-4-13(10-32(12)18)19-20(33-11-14(23)9-28-33)30-22(25)34-21(19)29-17(31-34)7-16-15(24)3-2-6-26-16/h2-6,8-11H,7H2,1H3,(H2,25,30). The molecule has 0 aliphatic heterocycles. The minimum Gasteiger partial charge on any atom is -0.368 e. The molecule has 6 aromatic rings. The van der Waals surface area contributed by atoms with Gasteiger partial charge < -0.3 is 10.1 Å². The molecular weight excluding hydrogens is 442 g/mol. The molecule has 0 aliphatic carbocycles. The van der Waals surface area contributed by atoms with E-state index in [4.69, 9.17) is 5.73 Å². The van der Waals surface area contributed by atoms with Gasteiger partial charge in [0.1, 0.15) is 11.5 Å². The molecule has 0 unspecified atom stereocenters. The Hall–Kier alpha value is -4.74. The van der Waals surface area contributed by atoms with Crippen molar-refractivity contribution in [1.29, 1.82) is 0 Å². The van der Waals surface area contributed by atoms with Crippen molar-refractivity contribution in [2.75, 3.05) is 5.73 Å². The maximum Gasteiger partial charge on any atom is 0.225 e. The Bertz CT molecular complexity index is 1700. The summed E-state index contributed by atoms with van der Waals surface area (Å²) < 4.78 is 32.6. The van der Waals surface area contributed by atoms with E-state index in [2.05, 4.69) is 30.1 Å². The van der Waals surface area contributed by atoms with E-state index in [-0.39, 0.29) is 23.9 Å². The molecule has 6 rings (SSSR count). The van der Waals surface area contributed by atoms with Gasteiger partial charge >= 0.3 is 0 Å². The zero-order chi connectivity index (χ0) is 23.4. The van der Waals surface area contributed by atoms with Gasteiger partial charge in [-0.3, -0.25) is 4.98 Å². The lowest BCUT2D eigenvalue weighted by molar-refractivity contribution is 0.601. The van der Waals surface area contributed by atoms with Crippen LogP contribution in [0, 0.1) is 18.6 Å². The van der Waals surface area contributed by atoms with Crippen LogP contribution in [0.2, 0.25) is 0 Å². The van der Waals surface area contributed by atoms with Crippen LogP contribution >= 0.6 is 0 Å². The number of aromatic nitrogens is 9. The average Bonchev–Trinajstić information content (AvgIpc) is 3.54. The summed E-state index contributed by atoms with van der Waals surface area (Å²) in [5, 5.41) is 8.50. The molecule has 0 aliphatic rings. The van der Waals surface area contributed by atoms with E-state index in [1.807, 2.05) is 29.7 Å². The molecule has 0 atom stereocenters.